The third kappa shape index (κ3) is 3.83. The van der Waals surface area contributed by atoms with Crippen molar-refractivity contribution in [2.45, 2.75) is 19.4 Å². The first kappa shape index (κ1) is 18.2. The maximum atomic E-state index is 13.0. The zero-order valence-corrected chi connectivity index (χ0v) is 16.7. The molecule has 2 aromatic carbocycles. The van der Waals surface area contributed by atoms with Gasteiger partial charge in [-0.15, -0.1) is 0 Å². The molecule has 0 fully saturated rings. The van der Waals surface area contributed by atoms with Gasteiger partial charge in [-0.05, 0) is 55.3 Å². The van der Waals surface area contributed by atoms with Crippen LogP contribution in [-0.2, 0) is 16.4 Å². The minimum Gasteiger partial charge on any atom is -0.305 e. The maximum absolute atomic E-state index is 13.0. The molecule has 0 saturated heterocycles. The predicted octanol–water partition coefficient (Wildman–Crippen LogP) is 4.07. The number of fused-ring (bicyclic) bond motifs is 1. The van der Waals surface area contributed by atoms with E-state index in [9.17, 15) is 13.2 Å². The molecule has 0 saturated carbocycles. The Balaban J connectivity index is 1.98. The molecule has 1 N–H and O–H groups in total. The van der Waals surface area contributed by atoms with Gasteiger partial charge < -0.3 is 4.90 Å². The molecule has 0 spiro atoms. The van der Waals surface area contributed by atoms with E-state index in [0.717, 1.165) is 28.4 Å². The SMILES string of the molecule is CC1Cc2cc(Br)ccc2N1C(=O)c1ccc(Cl)c(NS(C)(=O)=O)c1. The average molecular weight is 444 g/mol. The van der Waals surface area contributed by atoms with Crippen LogP contribution in [0.15, 0.2) is 40.9 Å². The number of carbonyl (C=O) groups is 1. The van der Waals surface area contributed by atoms with Gasteiger partial charge in [0.1, 0.15) is 0 Å². The molecule has 0 aromatic heterocycles. The minimum atomic E-state index is -3.49. The van der Waals surface area contributed by atoms with Gasteiger partial charge in [0.05, 0.1) is 17.0 Å². The van der Waals surface area contributed by atoms with Crippen molar-refractivity contribution in [3.8, 4) is 0 Å². The van der Waals surface area contributed by atoms with Gasteiger partial charge >= 0.3 is 0 Å². The highest BCUT2D eigenvalue weighted by molar-refractivity contribution is 9.10. The molecule has 25 heavy (non-hydrogen) atoms. The highest BCUT2D eigenvalue weighted by atomic mass is 79.9. The Morgan fingerprint density at radius 3 is 2.68 bits per heavy atom. The lowest BCUT2D eigenvalue weighted by Gasteiger charge is -2.23. The van der Waals surface area contributed by atoms with Gasteiger partial charge in [-0.25, -0.2) is 8.42 Å². The molecule has 0 bridgehead atoms. The molecule has 1 heterocycles. The van der Waals surface area contributed by atoms with Crippen LogP contribution in [0.4, 0.5) is 11.4 Å². The first-order valence-electron chi connectivity index (χ1n) is 7.55. The van der Waals surface area contributed by atoms with E-state index in [1.54, 1.807) is 11.0 Å². The molecule has 8 heteroatoms. The van der Waals surface area contributed by atoms with Crippen LogP contribution in [0.2, 0.25) is 5.02 Å². The van der Waals surface area contributed by atoms with Gasteiger partial charge in [0.15, 0.2) is 0 Å². The number of anilines is 2. The largest absolute Gasteiger partial charge is 0.305 e. The molecule has 1 atom stereocenters. The van der Waals surface area contributed by atoms with E-state index < -0.39 is 10.0 Å². The molecule has 2 aromatic rings. The van der Waals surface area contributed by atoms with Gasteiger partial charge in [0.2, 0.25) is 10.0 Å². The van der Waals surface area contributed by atoms with E-state index in [1.807, 2.05) is 25.1 Å². The second-order valence-electron chi connectivity index (χ2n) is 6.07. The molecule has 5 nitrogen and oxygen atoms in total. The number of carbonyl (C=O) groups excluding carboxylic acids is 1. The lowest BCUT2D eigenvalue weighted by Crippen LogP contribution is -2.35. The summed E-state index contributed by atoms with van der Waals surface area (Å²) in [5.41, 5.74) is 2.53. The second kappa shape index (κ2) is 6.63. The molecule has 132 valence electrons. The number of amides is 1. The third-order valence-corrected chi connectivity index (χ3v) is 5.40. The number of benzene rings is 2. The fraction of sp³-hybridized carbons (Fsp3) is 0.235. The van der Waals surface area contributed by atoms with E-state index in [-0.39, 0.29) is 22.7 Å². The van der Waals surface area contributed by atoms with Gasteiger partial charge in [-0.3, -0.25) is 9.52 Å². The van der Waals surface area contributed by atoms with Gasteiger partial charge in [0, 0.05) is 21.8 Å². The van der Waals surface area contributed by atoms with Crippen molar-refractivity contribution in [1.29, 1.82) is 0 Å². The molecule has 1 aliphatic heterocycles. The summed E-state index contributed by atoms with van der Waals surface area (Å²) < 4.78 is 26.2. The number of halogens is 2. The Morgan fingerprint density at radius 2 is 2.00 bits per heavy atom. The summed E-state index contributed by atoms with van der Waals surface area (Å²) in [6.07, 6.45) is 1.80. The van der Waals surface area contributed by atoms with E-state index in [4.69, 9.17) is 11.6 Å². The molecule has 0 radical (unpaired) electrons. The Morgan fingerprint density at radius 1 is 1.28 bits per heavy atom. The number of nitrogens with one attached hydrogen (secondary N) is 1. The number of sulfonamides is 1. The van der Waals surface area contributed by atoms with Crippen LogP contribution in [0, 0.1) is 0 Å². The Kier molecular flexibility index (Phi) is 4.83. The Labute approximate surface area is 160 Å². The van der Waals surface area contributed by atoms with Crippen LogP contribution >= 0.6 is 27.5 Å². The molecular formula is C17H16BrClN2O3S. The van der Waals surface area contributed by atoms with E-state index in [1.165, 1.54) is 12.1 Å². The van der Waals surface area contributed by atoms with Crippen LogP contribution in [0.25, 0.3) is 0 Å². The van der Waals surface area contributed by atoms with Crippen molar-refractivity contribution in [2.75, 3.05) is 15.9 Å². The summed E-state index contributed by atoms with van der Waals surface area (Å²) in [4.78, 5) is 14.8. The molecule has 3 rings (SSSR count). The molecular weight excluding hydrogens is 428 g/mol. The molecule has 1 aliphatic rings. The maximum Gasteiger partial charge on any atom is 0.258 e. The van der Waals surface area contributed by atoms with Crippen LogP contribution in [-0.4, -0.2) is 26.6 Å². The summed E-state index contributed by atoms with van der Waals surface area (Å²) in [5.74, 6) is -0.193. The first-order valence-corrected chi connectivity index (χ1v) is 10.6. The van der Waals surface area contributed by atoms with Crippen molar-refractivity contribution in [2.24, 2.45) is 0 Å². The number of hydrogen-bond donors (Lipinski definition) is 1. The highest BCUT2D eigenvalue weighted by Crippen LogP contribution is 2.36. The van der Waals surface area contributed by atoms with Crippen molar-refractivity contribution in [3.05, 3.63) is 57.0 Å². The van der Waals surface area contributed by atoms with Crippen LogP contribution in [0.5, 0.6) is 0 Å². The average Bonchev–Trinajstić information content (AvgIpc) is 2.82. The van der Waals surface area contributed by atoms with Crippen molar-refractivity contribution < 1.29 is 13.2 Å². The van der Waals surface area contributed by atoms with Crippen molar-refractivity contribution in [3.63, 3.8) is 0 Å². The number of nitrogens with zero attached hydrogens (tertiary/aromatic N) is 1. The minimum absolute atomic E-state index is 0.0128. The third-order valence-electron chi connectivity index (χ3n) is 3.98. The van der Waals surface area contributed by atoms with Crippen molar-refractivity contribution >= 4 is 54.8 Å². The molecule has 1 unspecified atom stereocenters. The van der Waals surface area contributed by atoms with Crippen LogP contribution in [0.3, 0.4) is 0 Å². The van der Waals surface area contributed by atoms with Gasteiger partial charge in [-0.1, -0.05) is 27.5 Å². The Hall–Kier alpha value is -1.57. The first-order chi connectivity index (χ1) is 11.7. The van der Waals surface area contributed by atoms with E-state index in [2.05, 4.69) is 20.7 Å². The normalized spacial score (nSPS) is 16.6. The standard InChI is InChI=1S/C17H16BrClN2O3S/c1-10-7-12-8-13(18)4-6-16(12)21(10)17(22)11-3-5-14(19)15(9-11)20-25(2,23)24/h3-6,8-10,20H,7H2,1-2H3. The zero-order valence-electron chi connectivity index (χ0n) is 13.6. The topological polar surface area (TPSA) is 66.5 Å². The monoisotopic (exact) mass is 442 g/mol. The quantitative estimate of drug-likeness (QED) is 0.778. The lowest BCUT2D eigenvalue weighted by atomic mass is 10.1. The Bertz CT molecular complexity index is 962. The zero-order chi connectivity index (χ0) is 18.4. The van der Waals surface area contributed by atoms with Crippen molar-refractivity contribution in [1.82, 2.24) is 0 Å². The van der Waals surface area contributed by atoms with E-state index >= 15 is 0 Å². The van der Waals surface area contributed by atoms with Crippen LogP contribution in [0.1, 0.15) is 22.8 Å². The van der Waals surface area contributed by atoms with Gasteiger partial charge in [0.25, 0.3) is 5.91 Å². The summed E-state index contributed by atoms with van der Waals surface area (Å²) in [5, 5.41) is 0.237. The fourth-order valence-corrected chi connectivity index (χ4v) is 4.18. The predicted molar refractivity (Wildman–Crippen MR) is 104 cm³/mol. The summed E-state index contributed by atoms with van der Waals surface area (Å²) >= 11 is 9.49. The lowest BCUT2D eigenvalue weighted by molar-refractivity contribution is 0.0981. The summed E-state index contributed by atoms with van der Waals surface area (Å²) in [7, 11) is -3.49. The number of hydrogen-bond acceptors (Lipinski definition) is 3. The second-order valence-corrected chi connectivity index (χ2v) is 9.14. The fourth-order valence-electron chi connectivity index (χ4n) is 2.98. The van der Waals surface area contributed by atoms with E-state index in [0.29, 0.717) is 5.56 Å². The highest BCUT2D eigenvalue weighted by Gasteiger charge is 2.31. The van der Waals surface area contributed by atoms with Crippen LogP contribution < -0.4 is 9.62 Å². The molecule has 1 amide bonds. The van der Waals surface area contributed by atoms with Gasteiger partial charge in [-0.2, -0.15) is 0 Å². The molecule has 0 aliphatic carbocycles. The number of rotatable bonds is 3. The summed E-state index contributed by atoms with van der Waals surface area (Å²) in [6, 6.07) is 10.4. The summed E-state index contributed by atoms with van der Waals surface area (Å²) in [6.45, 7) is 1.98. The smallest absolute Gasteiger partial charge is 0.258 e.